The average Bonchev–Trinajstić information content (AvgIpc) is 3.09. The molecule has 1 N–H and O–H groups in total. The second-order valence-electron chi connectivity index (χ2n) is 6.37. The number of hydrogen-bond donors (Lipinski definition) is 1. The molecule has 3 heterocycles. The maximum absolute atomic E-state index is 4.71. The van der Waals surface area contributed by atoms with Gasteiger partial charge in [0.05, 0.1) is 16.7 Å². The number of fused-ring (bicyclic) bond motifs is 1. The fraction of sp³-hybridized carbons (Fsp3) is 0.412. The first-order valence-corrected chi connectivity index (χ1v) is 8.04. The quantitative estimate of drug-likeness (QED) is 0.787. The minimum absolute atomic E-state index is 0.874. The Morgan fingerprint density at radius 2 is 1.83 bits per heavy atom. The first-order valence-electron chi connectivity index (χ1n) is 8.04. The number of benzene rings is 1. The summed E-state index contributed by atoms with van der Waals surface area (Å²) in [7, 11) is 4.13. The van der Waals surface area contributed by atoms with Crippen molar-refractivity contribution in [1.29, 1.82) is 0 Å². The lowest BCUT2D eigenvalue weighted by atomic mass is 10.2. The van der Waals surface area contributed by atoms with Gasteiger partial charge in [0.1, 0.15) is 5.69 Å². The molecule has 0 bridgehead atoms. The van der Waals surface area contributed by atoms with Crippen molar-refractivity contribution in [2.24, 2.45) is 7.05 Å². The number of aromatic nitrogens is 4. The minimum atomic E-state index is 0.874. The van der Waals surface area contributed by atoms with Gasteiger partial charge in [0.15, 0.2) is 5.82 Å². The van der Waals surface area contributed by atoms with E-state index in [1.165, 1.54) is 5.69 Å². The van der Waals surface area contributed by atoms with Crippen LogP contribution in [-0.4, -0.2) is 57.9 Å². The number of rotatable bonds is 2. The van der Waals surface area contributed by atoms with Crippen LogP contribution in [0.1, 0.15) is 5.69 Å². The third-order valence-electron chi connectivity index (χ3n) is 4.58. The Kier molecular flexibility index (Phi) is 3.34. The molecule has 6 heteroatoms. The summed E-state index contributed by atoms with van der Waals surface area (Å²) in [4.78, 5) is 13.0. The van der Waals surface area contributed by atoms with Gasteiger partial charge >= 0.3 is 0 Å². The largest absolute Gasteiger partial charge is 0.369 e. The molecule has 1 fully saturated rings. The van der Waals surface area contributed by atoms with Crippen molar-refractivity contribution in [3.8, 4) is 11.5 Å². The molecule has 0 amide bonds. The summed E-state index contributed by atoms with van der Waals surface area (Å²) >= 11 is 0. The van der Waals surface area contributed by atoms with Crippen LogP contribution in [0.15, 0.2) is 24.3 Å². The molecule has 1 aliphatic rings. The molecule has 1 aromatic carbocycles. The molecule has 0 aliphatic carbocycles. The minimum Gasteiger partial charge on any atom is -0.369 e. The maximum atomic E-state index is 4.71. The predicted octanol–water partition coefficient (Wildman–Crippen LogP) is 2.02. The Balaban J connectivity index is 1.68. The number of piperazine rings is 1. The van der Waals surface area contributed by atoms with E-state index in [1.807, 2.05) is 18.7 Å². The van der Waals surface area contributed by atoms with E-state index < -0.39 is 0 Å². The van der Waals surface area contributed by atoms with Crippen LogP contribution in [0.4, 0.5) is 5.69 Å². The highest BCUT2D eigenvalue weighted by Gasteiger charge is 2.16. The topological polar surface area (TPSA) is 53.0 Å². The lowest BCUT2D eigenvalue weighted by Crippen LogP contribution is -2.44. The Morgan fingerprint density at radius 1 is 1.04 bits per heavy atom. The van der Waals surface area contributed by atoms with E-state index >= 15 is 0 Å². The molecule has 23 heavy (non-hydrogen) atoms. The van der Waals surface area contributed by atoms with Crippen LogP contribution in [0.25, 0.3) is 22.6 Å². The summed E-state index contributed by atoms with van der Waals surface area (Å²) in [6.45, 7) is 6.37. The predicted molar refractivity (Wildman–Crippen MR) is 92.7 cm³/mol. The summed E-state index contributed by atoms with van der Waals surface area (Å²) in [5, 5.41) is 4.40. The van der Waals surface area contributed by atoms with Crippen LogP contribution in [-0.2, 0) is 7.05 Å². The van der Waals surface area contributed by atoms with E-state index in [2.05, 4.69) is 51.2 Å². The van der Waals surface area contributed by atoms with E-state index in [9.17, 15) is 0 Å². The van der Waals surface area contributed by atoms with Gasteiger partial charge in [0, 0.05) is 38.9 Å². The zero-order valence-corrected chi connectivity index (χ0v) is 13.9. The SMILES string of the molecule is Cc1cc(-c2nc3ccc(N4CCN(C)CC4)cc3[nH]2)n(C)n1. The van der Waals surface area contributed by atoms with E-state index in [4.69, 9.17) is 4.98 Å². The van der Waals surface area contributed by atoms with Crippen LogP contribution < -0.4 is 4.90 Å². The number of likely N-dealkylation sites (N-methyl/N-ethyl adjacent to an activating group) is 1. The molecule has 0 saturated carbocycles. The van der Waals surface area contributed by atoms with Gasteiger partial charge in [-0.05, 0) is 38.2 Å². The van der Waals surface area contributed by atoms with Gasteiger partial charge in [-0.15, -0.1) is 0 Å². The highest BCUT2D eigenvalue weighted by atomic mass is 15.3. The molecule has 6 nitrogen and oxygen atoms in total. The van der Waals surface area contributed by atoms with Crippen molar-refractivity contribution in [2.75, 3.05) is 38.1 Å². The van der Waals surface area contributed by atoms with Gasteiger partial charge in [-0.1, -0.05) is 0 Å². The molecule has 1 saturated heterocycles. The number of anilines is 1. The normalized spacial score (nSPS) is 16.4. The van der Waals surface area contributed by atoms with Crippen molar-refractivity contribution in [3.05, 3.63) is 30.0 Å². The molecule has 4 rings (SSSR count). The molecule has 0 spiro atoms. The number of nitrogens with zero attached hydrogens (tertiary/aromatic N) is 5. The standard InChI is InChI=1S/C17H22N6/c1-12-10-16(22(3)20-12)17-18-14-5-4-13(11-15(14)19-17)23-8-6-21(2)7-9-23/h4-5,10-11H,6-9H2,1-3H3,(H,18,19). The lowest BCUT2D eigenvalue weighted by Gasteiger charge is -2.34. The first-order chi connectivity index (χ1) is 11.1. The molecule has 0 unspecified atom stereocenters. The molecular formula is C17H22N6. The number of aryl methyl sites for hydroxylation is 2. The molecular weight excluding hydrogens is 288 g/mol. The van der Waals surface area contributed by atoms with Crippen LogP contribution >= 0.6 is 0 Å². The molecule has 0 atom stereocenters. The highest BCUT2D eigenvalue weighted by molar-refractivity contribution is 5.82. The monoisotopic (exact) mass is 310 g/mol. The third kappa shape index (κ3) is 2.59. The van der Waals surface area contributed by atoms with Gasteiger partial charge in [0.2, 0.25) is 0 Å². The number of imidazole rings is 1. The van der Waals surface area contributed by atoms with Crippen LogP contribution in [0.3, 0.4) is 0 Å². The van der Waals surface area contributed by atoms with Crippen molar-refractivity contribution in [1.82, 2.24) is 24.6 Å². The van der Waals surface area contributed by atoms with E-state index in [0.717, 1.165) is 54.4 Å². The van der Waals surface area contributed by atoms with Gasteiger partial charge in [-0.2, -0.15) is 5.10 Å². The second kappa shape index (κ2) is 5.38. The Labute approximate surface area is 135 Å². The number of aromatic amines is 1. The molecule has 120 valence electrons. The second-order valence-corrected chi connectivity index (χ2v) is 6.37. The Bertz CT molecular complexity index is 838. The van der Waals surface area contributed by atoms with Crippen LogP contribution in [0.2, 0.25) is 0 Å². The summed E-state index contributed by atoms with van der Waals surface area (Å²) in [6.07, 6.45) is 0. The van der Waals surface area contributed by atoms with Gasteiger partial charge in [-0.3, -0.25) is 4.68 Å². The van der Waals surface area contributed by atoms with Crippen molar-refractivity contribution < 1.29 is 0 Å². The third-order valence-corrected chi connectivity index (χ3v) is 4.58. The zero-order chi connectivity index (χ0) is 16.0. The summed E-state index contributed by atoms with van der Waals surface area (Å²) in [5.74, 6) is 0.874. The molecule has 1 aliphatic heterocycles. The number of H-pyrrole nitrogens is 1. The fourth-order valence-corrected chi connectivity index (χ4v) is 3.21. The van der Waals surface area contributed by atoms with Crippen LogP contribution in [0, 0.1) is 6.92 Å². The van der Waals surface area contributed by atoms with Gasteiger partial charge in [0.25, 0.3) is 0 Å². The Morgan fingerprint density at radius 3 is 2.52 bits per heavy atom. The van der Waals surface area contributed by atoms with Crippen LogP contribution in [0.5, 0.6) is 0 Å². The lowest BCUT2D eigenvalue weighted by molar-refractivity contribution is 0.313. The van der Waals surface area contributed by atoms with Crippen molar-refractivity contribution in [2.45, 2.75) is 6.92 Å². The number of hydrogen-bond acceptors (Lipinski definition) is 4. The van der Waals surface area contributed by atoms with E-state index in [1.54, 1.807) is 0 Å². The molecule has 0 radical (unpaired) electrons. The molecule has 2 aromatic heterocycles. The van der Waals surface area contributed by atoms with Gasteiger partial charge in [-0.25, -0.2) is 4.98 Å². The van der Waals surface area contributed by atoms with Gasteiger partial charge < -0.3 is 14.8 Å². The zero-order valence-electron chi connectivity index (χ0n) is 13.9. The summed E-state index contributed by atoms with van der Waals surface area (Å²) < 4.78 is 1.87. The smallest absolute Gasteiger partial charge is 0.156 e. The fourth-order valence-electron chi connectivity index (χ4n) is 3.21. The Hall–Kier alpha value is -2.34. The van der Waals surface area contributed by atoms with E-state index in [-0.39, 0.29) is 0 Å². The van der Waals surface area contributed by atoms with Crippen molar-refractivity contribution in [3.63, 3.8) is 0 Å². The summed E-state index contributed by atoms with van der Waals surface area (Å²) in [6, 6.07) is 8.54. The first kappa shape index (κ1) is 14.3. The summed E-state index contributed by atoms with van der Waals surface area (Å²) in [5.41, 5.74) is 5.36. The highest BCUT2D eigenvalue weighted by Crippen LogP contribution is 2.25. The maximum Gasteiger partial charge on any atom is 0.156 e. The van der Waals surface area contributed by atoms with Crippen molar-refractivity contribution >= 4 is 16.7 Å². The molecule has 3 aromatic rings. The number of nitrogens with one attached hydrogen (secondary N) is 1. The van der Waals surface area contributed by atoms with E-state index in [0.29, 0.717) is 0 Å². The average molecular weight is 310 g/mol.